The molecule has 5 rings (SSSR count). The van der Waals surface area contributed by atoms with E-state index in [2.05, 4.69) is 53.5 Å². The lowest BCUT2D eigenvalue weighted by Crippen LogP contribution is -2.42. The summed E-state index contributed by atoms with van der Waals surface area (Å²) < 4.78 is 2.00. The van der Waals surface area contributed by atoms with Crippen molar-refractivity contribution in [3.63, 3.8) is 0 Å². The van der Waals surface area contributed by atoms with E-state index in [-0.39, 0.29) is 11.9 Å². The second-order valence-electron chi connectivity index (χ2n) is 7.36. The van der Waals surface area contributed by atoms with Gasteiger partial charge in [0.05, 0.1) is 18.6 Å². The van der Waals surface area contributed by atoms with E-state index in [1.54, 1.807) is 6.33 Å². The van der Waals surface area contributed by atoms with Gasteiger partial charge in [-0.25, -0.2) is 4.98 Å². The number of hydrogen-bond acceptors (Lipinski definition) is 2. The van der Waals surface area contributed by atoms with Gasteiger partial charge in [-0.15, -0.1) is 0 Å². The Bertz CT molecular complexity index is 1120. The Hall–Kier alpha value is -3.66. The van der Waals surface area contributed by atoms with Crippen LogP contribution in [-0.4, -0.2) is 20.4 Å². The number of carbonyl (C=O) groups excluding carboxylic acids is 1. The zero-order valence-electron chi connectivity index (χ0n) is 16.0. The molecule has 4 nitrogen and oxygen atoms in total. The highest BCUT2D eigenvalue weighted by Crippen LogP contribution is 2.30. The van der Waals surface area contributed by atoms with E-state index in [1.807, 2.05) is 52.1 Å². The number of rotatable bonds is 4. The molecule has 1 aromatic heterocycles. The van der Waals surface area contributed by atoms with Gasteiger partial charge in [0.2, 0.25) is 0 Å². The molecule has 1 amide bonds. The van der Waals surface area contributed by atoms with Crippen LogP contribution in [0.2, 0.25) is 0 Å². The molecule has 1 aliphatic rings. The molecule has 0 spiro atoms. The Balaban J connectivity index is 1.47. The van der Waals surface area contributed by atoms with Crippen LogP contribution in [0.15, 0.2) is 97.5 Å². The second kappa shape index (κ2) is 7.40. The van der Waals surface area contributed by atoms with Crippen LogP contribution in [-0.2, 0) is 17.9 Å². The summed E-state index contributed by atoms with van der Waals surface area (Å²) in [5, 5.41) is 0. The summed E-state index contributed by atoms with van der Waals surface area (Å²) in [6.07, 6.45) is 3.62. The SMILES string of the molecule is O=C1C(c2ccc(-c3ccccc3)cc2)n2cncc2CN1Cc1ccccc1. The van der Waals surface area contributed by atoms with Crippen LogP contribution in [0.4, 0.5) is 0 Å². The van der Waals surface area contributed by atoms with Gasteiger partial charge in [-0.3, -0.25) is 4.79 Å². The third-order valence-electron chi connectivity index (χ3n) is 5.47. The van der Waals surface area contributed by atoms with Gasteiger partial charge in [-0.2, -0.15) is 0 Å². The number of amides is 1. The monoisotopic (exact) mass is 379 g/mol. The van der Waals surface area contributed by atoms with E-state index in [1.165, 1.54) is 5.56 Å². The van der Waals surface area contributed by atoms with E-state index in [9.17, 15) is 4.79 Å². The molecule has 0 saturated carbocycles. The van der Waals surface area contributed by atoms with E-state index in [0.717, 1.165) is 22.4 Å². The Morgan fingerprint density at radius 3 is 2.21 bits per heavy atom. The minimum absolute atomic E-state index is 0.104. The fourth-order valence-electron chi connectivity index (χ4n) is 3.98. The number of carbonyl (C=O) groups is 1. The first-order valence-electron chi connectivity index (χ1n) is 9.78. The fourth-order valence-corrected chi connectivity index (χ4v) is 3.98. The number of nitrogens with zero attached hydrogens (tertiary/aromatic N) is 3. The smallest absolute Gasteiger partial charge is 0.250 e. The summed E-state index contributed by atoms with van der Waals surface area (Å²) in [7, 11) is 0. The van der Waals surface area contributed by atoms with Gasteiger partial charge in [0, 0.05) is 12.7 Å². The molecular formula is C25H21N3O. The first-order valence-corrected chi connectivity index (χ1v) is 9.78. The molecule has 0 fully saturated rings. The van der Waals surface area contributed by atoms with Crippen LogP contribution in [0.25, 0.3) is 11.1 Å². The van der Waals surface area contributed by atoms with Crippen molar-refractivity contribution in [3.05, 3.63) is 114 Å². The topological polar surface area (TPSA) is 38.1 Å². The van der Waals surface area contributed by atoms with Crippen molar-refractivity contribution in [2.24, 2.45) is 0 Å². The summed E-state index contributed by atoms with van der Waals surface area (Å²) >= 11 is 0. The van der Waals surface area contributed by atoms with Crippen molar-refractivity contribution in [2.45, 2.75) is 19.1 Å². The maximum atomic E-state index is 13.4. The normalized spacial score (nSPS) is 15.9. The molecule has 0 bridgehead atoms. The van der Waals surface area contributed by atoms with E-state index in [0.29, 0.717) is 13.1 Å². The molecular weight excluding hydrogens is 358 g/mol. The Kier molecular flexibility index (Phi) is 4.45. The van der Waals surface area contributed by atoms with Crippen molar-refractivity contribution in [1.29, 1.82) is 0 Å². The minimum atomic E-state index is -0.380. The molecule has 0 radical (unpaired) electrons. The molecule has 1 atom stereocenters. The van der Waals surface area contributed by atoms with Crippen molar-refractivity contribution >= 4 is 5.91 Å². The molecule has 4 aromatic rings. The van der Waals surface area contributed by atoms with Crippen LogP contribution >= 0.6 is 0 Å². The van der Waals surface area contributed by atoms with Crippen LogP contribution in [0.3, 0.4) is 0 Å². The Morgan fingerprint density at radius 2 is 1.48 bits per heavy atom. The predicted molar refractivity (Wildman–Crippen MR) is 113 cm³/mol. The largest absolute Gasteiger partial charge is 0.330 e. The first-order chi connectivity index (χ1) is 14.3. The molecule has 1 aliphatic heterocycles. The average molecular weight is 379 g/mol. The van der Waals surface area contributed by atoms with Crippen molar-refractivity contribution < 1.29 is 4.79 Å². The predicted octanol–water partition coefficient (Wildman–Crippen LogP) is 4.68. The van der Waals surface area contributed by atoms with Crippen LogP contribution in [0, 0.1) is 0 Å². The molecule has 29 heavy (non-hydrogen) atoms. The van der Waals surface area contributed by atoms with Gasteiger partial charge in [0.15, 0.2) is 0 Å². The van der Waals surface area contributed by atoms with Gasteiger partial charge < -0.3 is 9.47 Å². The van der Waals surface area contributed by atoms with Crippen LogP contribution < -0.4 is 0 Å². The zero-order valence-corrected chi connectivity index (χ0v) is 16.0. The molecule has 3 aromatic carbocycles. The second-order valence-corrected chi connectivity index (χ2v) is 7.36. The number of hydrogen-bond donors (Lipinski definition) is 0. The minimum Gasteiger partial charge on any atom is -0.330 e. The summed E-state index contributed by atoms with van der Waals surface area (Å²) in [4.78, 5) is 19.6. The van der Waals surface area contributed by atoms with Crippen molar-refractivity contribution in [3.8, 4) is 11.1 Å². The zero-order chi connectivity index (χ0) is 19.6. The van der Waals surface area contributed by atoms with Gasteiger partial charge in [0.25, 0.3) is 5.91 Å². The highest BCUT2D eigenvalue weighted by molar-refractivity contribution is 5.85. The van der Waals surface area contributed by atoms with E-state index < -0.39 is 0 Å². The molecule has 0 aliphatic carbocycles. The van der Waals surface area contributed by atoms with E-state index in [4.69, 9.17) is 0 Å². The van der Waals surface area contributed by atoms with Crippen molar-refractivity contribution in [1.82, 2.24) is 14.5 Å². The third kappa shape index (κ3) is 3.34. The lowest BCUT2D eigenvalue weighted by molar-refractivity contribution is -0.136. The van der Waals surface area contributed by atoms with Gasteiger partial charge in [0.1, 0.15) is 6.04 Å². The summed E-state index contributed by atoms with van der Waals surface area (Å²) in [5.74, 6) is 0.104. The van der Waals surface area contributed by atoms with Crippen molar-refractivity contribution in [2.75, 3.05) is 0 Å². The molecule has 4 heteroatoms. The summed E-state index contributed by atoms with van der Waals surface area (Å²) in [5.41, 5.74) is 5.48. The maximum absolute atomic E-state index is 13.4. The highest BCUT2D eigenvalue weighted by atomic mass is 16.2. The Labute approximate surface area is 170 Å². The molecule has 2 heterocycles. The lowest BCUT2D eigenvalue weighted by atomic mass is 9.98. The molecule has 0 N–H and O–H groups in total. The lowest BCUT2D eigenvalue weighted by Gasteiger charge is -2.34. The first kappa shape index (κ1) is 17.4. The molecule has 142 valence electrons. The van der Waals surface area contributed by atoms with E-state index >= 15 is 0 Å². The summed E-state index contributed by atoms with van der Waals surface area (Å²) in [6.45, 7) is 1.18. The number of benzene rings is 3. The maximum Gasteiger partial charge on any atom is 0.250 e. The standard InChI is InChI=1S/C25H21N3O/c29-25-24(22-13-11-21(12-14-22)20-9-5-2-6-10-20)28-18-26-15-23(28)17-27(25)16-19-7-3-1-4-8-19/h1-15,18,24H,16-17H2. The number of fused-ring (bicyclic) bond motifs is 1. The molecule has 0 saturated heterocycles. The summed E-state index contributed by atoms with van der Waals surface area (Å²) in [6, 6.07) is 28.3. The number of imidazole rings is 1. The van der Waals surface area contributed by atoms with Gasteiger partial charge >= 0.3 is 0 Å². The van der Waals surface area contributed by atoms with Crippen LogP contribution in [0.5, 0.6) is 0 Å². The molecule has 1 unspecified atom stereocenters. The van der Waals surface area contributed by atoms with Gasteiger partial charge in [-0.05, 0) is 22.3 Å². The number of aromatic nitrogens is 2. The van der Waals surface area contributed by atoms with Gasteiger partial charge in [-0.1, -0.05) is 84.9 Å². The average Bonchev–Trinajstić information content (AvgIpc) is 3.24. The highest BCUT2D eigenvalue weighted by Gasteiger charge is 2.34. The Morgan fingerprint density at radius 1 is 0.828 bits per heavy atom. The quantitative estimate of drug-likeness (QED) is 0.516. The fraction of sp³-hybridized carbons (Fsp3) is 0.120. The third-order valence-corrected chi connectivity index (χ3v) is 5.47. The van der Waals surface area contributed by atoms with Crippen LogP contribution in [0.1, 0.15) is 22.9 Å².